The van der Waals surface area contributed by atoms with E-state index in [2.05, 4.69) is 75.9 Å². The average Bonchev–Trinajstić information content (AvgIpc) is 3.48. The van der Waals surface area contributed by atoms with Crippen LogP contribution in [0.25, 0.3) is 33.5 Å². The summed E-state index contributed by atoms with van der Waals surface area (Å²) >= 11 is 0. The lowest BCUT2D eigenvalue weighted by Crippen LogP contribution is -2.18. The lowest BCUT2D eigenvalue weighted by molar-refractivity contribution is 0.394. The van der Waals surface area contributed by atoms with Crippen LogP contribution >= 0.6 is 0 Å². The second-order valence-corrected chi connectivity index (χ2v) is 9.88. The smallest absolute Gasteiger partial charge is 0.290 e. The predicted molar refractivity (Wildman–Crippen MR) is 135 cm³/mol. The van der Waals surface area contributed by atoms with E-state index in [1.807, 2.05) is 35.8 Å². The zero-order valence-corrected chi connectivity index (χ0v) is 20.3. The number of benzene rings is 2. The van der Waals surface area contributed by atoms with Crippen molar-refractivity contribution in [2.75, 3.05) is 0 Å². The molecule has 9 heteroatoms. The quantitative estimate of drug-likeness (QED) is 0.386. The molecular weight excluding hydrogens is 440 g/mol. The fourth-order valence-corrected chi connectivity index (χ4v) is 4.36. The van der Waals surface area contributed by atoms with E-state index in [1.54, 1.807) is 0 Å². The Morgan fingerprint density at radius 3 is 2.37 bits per heavy atom. The molecule has 35 heavy (non-hydrogen) atoms. The first kappa shape index (κ1) is 22.6. The van der Waals surface area contributed by atoms with Crippen molar-refractivity contribution in [1.29, 1.82) is 0 Å². The zero-order valence-electron chi connectivity index (χ0n) is 20.3. The summed E-state index contributed by atoms with van der Waals surface area (Å²) in [5.41, 5.74) is 5.96. The van der Waals surface area contributed by atoms with Gasteiger partial charge in [-0.15, -0.1) is 10.2 Å². The van der Waals surface area contributed by atoms with Crippen LogP contribution in [0.3, 0.4) is 0 Å². The molecule has 178 valence electrons. The van der Waals surface area contributed by atoms with Crippen LogP contribution in [0.5, 0.6) is 0 Å². The lowest BCUT2D eigenvalue weighted by atomic mass is 9.92. The summed E-state index contributed by atoms with van der Waals surface area (Å²) in [4.78, 5) is 17.7. The van der Waals surface area contributed by atoms with Crippen molar-refractivity contribution >= 4 is 11.0 Å². The molecule has 2 aromatic carbocycles. The Morgan fingerprint density at radius 1 is 0.971 bits per heavy atom. The van der Waals surface area contributed by atoms with Crippen molar-refractivity contribution in [2.24, 2.45) is 5.41 Å². The minimum atomic E-state index is -0.212. The molecule has 5 rings (SSSR count). The van der Waals surface area contributed by atoms with Gasteiger partial charge in [0.25, 0.3) is 5.56 Å². The number of rotatable bonds is 6. The normalized spacial score (nSPS) is 11.9. The number of imidazole rings is 1. The third kappa shape index (κ3) is 4.49. The van der Waals surface area contributed by atoms with Crippen LogP contribution in [-0.4, -0.2) is 40.4 Å². The number of aryl methyl sites for hydroxylation is 1. The molecule has 3 heterocycles. The molecule has 0 saturated carbocycles. The standard InChI is InChI=1S/C26H28N8O/c1-5-20-22-23(25(35)31-28-20)34(21(27-22)14-26(2,3)4)15-16-10-12-17(13-11-16)18-8-6-7-9-19(18)24-29-32-33-30-24/h6-13H,5,14-15H2,1-4H3,(H,31,35)(H,29,30,32,33). The van der Waals surface area contributed by atoms with Gasteiger partial charge in [0.15, 0.2) is 0 Å². The third-order valence-corrected chi connectivity index (χ3v) is 5.97. The largest absolute Gasteiger partial charge is 0.319 e. The number of nitrogens with one attached hydrogen (secondary N) is 2. The monoisotopic (exact) mass is 468 g/mol. The highest BCUT2D eigenvalue weighted by Gasteiger charge is 2.22. The molecule has 0 aliphatic rings. The van der Waals surface area contributed by atoms with Gasteiger partial charge in [-0.05, 0) is 33.7 Å². The SMILES string of the molecule is CCc1n[nH]c(=O)c2c1nc(CC(C)(C)C)n2Cc1ccc(-c2ccccc2-c2nn[nH]n2)cc1. The molecular formula is C26H28N8O. The first-order chi connectivity index (χ1) is 16.8. The Morgan fingerprint density at radius 2 is 1.71 bits per heavy atom. The Hall–Kier alpha value is -4.14. The molecule has 9 nitrogen and oxygen atoms in total. The second kappa shape index (κ2) is 8.90. The molecule has 0 aliphatic heterocycles. The van der Waals surface area contributed by atoms with Crippen molar-refractivity contribution in [3.63, 3.8) is 0 Å². The number of fused-ring (bicyclic) bond motifs is 1. The van der Waals surface area contributed by atoms with Gasteiger partial charge in [-0.3, -0.25) is 4.79 Å². The number of tetrazole rings is 1. The van der Waals surface area contributed by atoms with Gasteiger partial charge < -0.3 is 4.57 Å². The molecule has 0 radical (unpaired) electrons. The number of H-pyrrole nitrogens is 2. The Balaban J connectivity index is 1.54. The van der Waals surface area contributed by atoms with Gasteiger partial charge in [0.05, 0.1) is 5.69 Å². The van der Waals surface area contributed by atoms with E-state index in [-0.39, 0.29) is 11.0 Å². The lowest BCUT2D eigenvalue weighted by Gasteiger charge is -2.19. The van der Waals surface area contributed by atoms with E-state index in [0.717, 1.165) is 40.2 Å². The molecule has 0 saturated heterocycles. The molecule has 5 aromatic rings. The van der Waals surface area contributed by atoms with E-state index in [1.165, 1.54) is 0 Å². The van der Waals surface area contributed by atoms with Crippen LogP contribution in [0.15, 0.2) is 53.3 Å². The van der Waals surface area contributed by atoms with Gasteiger partial charge in [0.1, 0.15) is 16.9 Å². The van der Waals surface area contributed by atoms with Crippen molar-refractivity contribution < 1.29 is 0 Å². The molecule has 0 fully saturated rings. The maximum absolute atomic E-state index is 12.8. The van der Waals surface area contributed by atoms with E-state index < -0.39 is 0 Å². The molecule has 0 atom stereocenters. The Kier molecular flexibility index (Phi) is 5.76. The highest BCUT2D eigenvalue weighted by molar-refractivity contribution is 5.80. The third-order valence-electron chi connectivity index (χ3n) is 5.97. The molecule has 0 aliphatic carbocycles. The minimum absolute atomic E-state index is 0.0222. The molecule has 3 aromatic heterocycles. The molecule has 0 amide bonds. The molecule has 2 N–H and O–H groups in total. The first-order valence-electron chi connectivity index (χ1n) is 11.7. The summed E-state index contributed by atoms with van der Waals surface area (Å²) in [6.07, 6.45) is 1.45. The van der Waals surface area contributed by atoms with E-state index in [4.69, 9.17) is 4.98 Å². The number of hydrogen-bond acceptors (Lipinski definition) is 6. The van der Waals surface area contributed by atoms with Crippen molar-refractivity contribution in [1.82, 2.24) is 40.4 Å². The number of aromatic amines is 2. The maximum Gasteiger partial charge on any atom is 0.290 e. The summed E-state index contributed by atoms with van der Waals surface area (Å²) in [5, 5.41) is 21.4. The molecule has 0 unspecified atom stereocenters. The summed E-state index contributed by atoms with van der Waals surface area (Å²) < 4.78 is 2.04. The fraction of sp³-hybridized carbons (Fsp3) is 0.308. The fourth-order valence-electron chi connectivity index (χ4n) is 4.36. The van der Waals surface area contributed by atoms with Gasteiger partial charge in [0, 0.05) is 18.5 Å². The van der Waals surface area contributed by atoms with Crippen LogP contribution in [0.1, 0.15) is 44.8 Å². The van der Waals surface area contributed by atoms with Crippen molar-refractivity contribution in [3.05, 3.63) is 76.0 Å². The Labute approximate surface area is 202 Å². The summed E-state index contributed by atoms with van der Waals surface area (Å²) in [6, 6.07) is 16.3. The van der Waals surface area contributed by atoms with Crippen molar-refractivity contribution in [2.45, 2.75) is 47.1 Å². The minimum Gasteiger partial charge on any atom is -0.319 e. The Bertz CT molecular complexity index is 1520. The number of nitrogens with zero attached hydrogens (tertiary/aromatic N) is 6. The summed E-state index contributed by atoms with van der Waals surface area (Å²) in [7, 11) is 0. The van der Waals surface area contributed by atoms with E-state index in [9.17, 15) is 4.79 Å². The average molecular weight is 469 g/mol. The topological polar surface area (TPSA) is 118 Å². The van der Waals surface area contributed by atoms with E-state index in [0.29, 0.717) is 29.8 Å². The van der Waals surface area contributed by atoms with Crippen LogP contribution < -0.4 is 5.56 Å². The van der Waals surface area contributed by atoms with Gasteiger partial charge in [-0.1, -0.05) is 76.2 Å². The van der Waals surface area contributed by atoms with Crippen LogP contribution in [-0.2, 0) is 19.4 Å². The molecule has 0 spiro atoms. The maximum atomic E-state index is 12.8. The first-order valence-corrected chi connectivity index (χ1v) is 11.7. The van der Waals surface area contributed by atoms with Crippen LogP contribution in [0.4, 0.5) is 0 Å². The highest BCUT2D eigenvalue weighted by atomic mass is 16.1. The van der Waals surface area contributed by atoms with E-state index >= 15 is 0 Å². The summed E-state index contributed by atoms with van der Waals surface area (Å²) in [6.45, 7) is 9.10. The van der Waals surface area contributed by atoms with Crippen LogP contribution in [0.2, 0.25) is 0 Å². The number of aromatic nitrogens is 8. The van der Waals surface area contributed by atoms with Gasteiger partial charge in [0.2, 0.25) is 5.82 Å². The predicted octanol–water partition coefficient (Wildman–Crippen LogP) is 4.17. The van der Waals surface area contributed by atoms with Gasteiger partial charge in [-0.25, -0.2) is 10.1 Å². The highest BCUT2D eigenvalue weighted by Crippen LogP contribution is 2.30. The van der Waals surface area contributed by atoms with Gasteiger partial charge >= 0.3 is 0 Å². The van der Waals surface area contributed by atoms with Crippen LogP contribution in [0, 0.1) is 5.41 Å². The second-order valence-electron chi connectivity index (χ2n) is 9.88. The van der Waals surface area contributed by atoms with Gasteiger partial charge in [-0.2, -0.15) is 10.3 Å². The van der Waals surface area contributed by atoms with Crippen molar-refractivity contribution in [3.8, 4) is 22.5 Å². The number of hydrogen-bond donors (Lipinski definition) is 2. The summed E-state index contributed by atoms with van der Waals surface area (Å²) in [5.74, 6) is 1.45. The zero-order chi connectivity index (χ0) is 24.6. The molecule has 0 bridgehead atoms.